The van der Waals surface area contributed by atoms with E-state index >= 15 is 0 Å². The molecule has 0 bridgehead atoms. The number of hydrogen-bond donors (Lipinski definition) is 0. The van der Waals surface area contributed by atoms with Crippen LogP contribution in [0.3, 0.4) is 0 Å². The summed E-state index contributed by atoms with van der Waals surface area (Å²) in [5, 5.41) is 10.5. The molecule has 8 aromatic carbocycles. The summed E-state index contributed by atoms with van der Waals surface area (Å²) in [6.45, 7) is 0. The Morgan fingerprint density at radius 2 is 0.698 bits per heavy atom. The summed E-state index contributed by atoms with van der Waals surface area (Å²) in [7, 11) is 0. The predicted octanol–water partition coefficient (Wildman–Crippen LogP) is 12.5. The van der Waals surface area contributed by atoms with E-state index in [0.717, 1.165) is 0 Å². The monoisotopic (exact) mass is 562 g/mol. The summed E-state index contributed by atoms with van der Waals surface area (Å²) in [6.07, 6.45) is 0. The molecule has 1 heterocycles. The molecule has 0 atom stereocenters. The lowest BCUT2D eigenvalue weighted by atomic mass is 9.91. The van der Waals surface area contributed by atoms with Crippen molar-refractivity contribution >= 4 is 63.8 Å². The molecule has 9 rings (SSSR count). The topological polar surface area (TPSA) is 0 Å². The third-order valence-electron chi connectivity index (χ3n) is 8.86. The van der Waals surface area contributed by atoms with Crippen LogP contribution in [0, 0.1) is 0 Å². The van der Waals surface area contributed by atoms with Crippen LogP contribution in [0.1, 0.15) is 0 Å². The highest BCUT2D eigenvalue weighted by atomic mass is 32.1. The fraction of sp³-hybridized carbons (Fsp3) is 0. The maximum Gasteiger partial charge on any atom is 0.0434 e. The van der Waals surface area contributed by atoms with Crippen molar-refractivity contribution in [2.45, 2.75) is 0 Å². The molecule has 0 aliphatic rings. The van der Waals surface area contributed by atoms with Crippen LogP contribution in [0.25, 0.3) is 85.9 Å². The third-order valence-corrected chi connectivity index (χ3v) is 10.1. The number of rotatable bonds is 3. The van der Waals surface area contributed by atoms with E-state index in [1.807, 2.05) is 11.3 Å². The van der Waals surface area contributed by atoms with E-state index in [9.17, 15) is 0 Å². The van der Waals surface area contributed by atoms with Crippen molar-refractivity contribution in [1.82, 2.24) is 0 Å². The Labute approximate surface area is 254 Å². The second-order valence-corrected chi connectivity index (χ2v) is 12.3. The first-order chi connectivity index (χ1) is 21.3. The highest BCUT2D eigenvalue weighted by molar-refractivity contribution is 7.26. The van der Waals surface area contributed by atoms with Gasteiger partial charge in [-0.25, -0.2) is 0 Å². The van der Waals surface area contributed by atoms with Gasteiger partial charge in [0.1, 0.15) is 0 Å². The van der Waals surface area contributed by atoms with Crippen molar-refractivity contribution < 1.29 is 0 Å². The lowest BCUT2D eigenvalue weighted by Crippen LogP contribution is -1.86. The van der Waals surface area contributed by atoms with Crippen LogP contribution in [0.5, 0.6) is 0 Å². The average Bonchev–Trinajstić information content (AvgIpc) is 3.48. The molecule has 0 fully saturated rings. The van der Waals surface area contributed by atoms with Gasteiger partial charge in [-0.05, 0) is 77.8 Å². The van der Waals surface area contributed by atoms with Crippen LogP contribution >= 0.6 is 11.3 Å². The van der Waals surface area contributed by atoms with Crippen LogP contribution in [-0.4, -0.2) is 0 Å². The van der Waals surface area contributed by atoms with Gasteiger partial charge in [-0.2, -0.15) is 0 Å². The SMILES string of the molecule is c1ccc(-c2cccc3c2sc2c(-c4cccc(-c5ccc6c7ccccc7c7ccccc7c6c5)c4)cccc23)cc1. The zero-order valence-electron chi connectivity index (χ0n) is 23.4. The number of thiophene rings is 1. The van der Waals surface area contributed by atoms with Crippen LogP contribution in [-0.2, 0) is 0 Å². The summed E-state index contributed by atoms with van der Waals surface area (Å²) < 4.78 is 2.69. The summed E-state index contributed by atoms with van der Waals surface area (Å²) in [4.78, 5) is 0. The van der Waals surface area contributed by atoms with Gasteiger partial charge in [-0.3, -0.25) is 0 Å². The molecule has 9 aromatic rings. The zero-order chi connectivity index (χ0) is 28.3. The molecule has 43 heavy (non-hydrogen) atoms. The molecular weight excluding hydrogens is 537 g/mol. The van der Waals surface area contributed by atoms with Gasteiger partial charge < -0.3 is 0 Å². The van der Waals surface area contributed by atoms with Gasteiger partial charge in [0.15, 0.2) is 0 Å². The van der Waals surface area contributed by atoms with Gasteiger partial charge in [-0.15, -0.1) is 11.3 Å². The van der Waals surface area contributed by atoms with Crippen molar-refractivity contribution in [3.8, 4) is 33.4 Å². The Morgan fingerprint density at radius 3 is 1.35 bits per heavy atom. The Hall–Kier alpha value is -5.24. The maximum atomic E-state index is 2.38. The van der Waals surface area contributed by atoms with E-state index in [4.69, 9.17) is 0 Å². The van der Waals surface area contributed by atoms with Gasteiger partial charge in [0.25, 0.3) is 0 Å². The molecular formula is C42H26S. The fourth-order valence-corrected chi connectivity index (χ4v) is 8.22. The average molecular weight is 563 g/mol. The minimum absolute atomic E-state index is 1.24. The largest absolute Gasteiger partial charge is 0.134 e. The highest BCUT2D eigenvalue weighted by Crippen LogP contribution is 2.44. The molecule has 0 aliphatic heterocycles. The zero-order valence-corrected chi connectivity index (χ0v) is 24.2. The molecule has 0 saturated carbocycles. The van der Waals surface area contributed by atoms with E-state index in [2.05, 4.69) is 158 Å². The van der Waals surface area contributed by atoms with Crippen molar-refractivity contribution in [3.05, 3.63) is 158 Å². The molecule has 1 aromatic heterocycles. The van der Waals surface area contributed by atoms with Gasteiger partial charge in [0.05, 0.1) is 0 Å². The molecule has 0 amide bonds. The molecule has 0 N–H and O–H groups in total. The van der Waals surface area contributed by atoms with Crippen LogP contribution < -0.4 is 0 Å². The van der Waals surface area contributed by atoms with Crippen molar-refractivity contribution in [2.24, 2.45) is 0 Å². The minimum atomic E-state index is 1.24. The molecule has 200 valence electrons. The molecule has 1 heteroatoms. The van der Waals surface area contributed by atoms with E-state index in [1.165, 1.54) is 85.9 Å². The number of fused-ring (bicyclic) bond motifs is 9. The van der Waals surface area contributed by atoms with Crippen molar-refractivity contribution in [1.29, 1.82) is 0 Å². The third kappa shape index (κ3) is 3.82. The summed E-state index contributed by atoms with van der Waals surface area (Å²) >= 11 is 1.91. The van der Waals surface area contributed by atoms with Crippen molar-refractivity contribution in [2.75, 3.05) is 0 Å². The Balaban J connectivity index is 1.22. The first kappa shape index (κ1) is 24.4. The summed E-state index contributed by atoms with van der Waals surface area (Å²) in [5.74, 6) is 0. The van der Waals surface area contributed by atoms with Gasteiger partial charge in [-0.1, -0.05) is 146 Å². The molecule has 0 aliphatic carbocycles. The quantitative estimate of drug-likeness (QED) is 0.188. The second kappa shape index (κ2) is 9.66. The Bertz CT molecular complexity index is 2460. The number of benzene rings is 8. The van der Waals surface area contributed by atoms with E-state index in [0.29, 0.717) is 0 Å². The molecule has 0 spiro atoms. The first-order valence-corrected chi connectivity index (χ1v) is 15.6. The molecule has 0 radical (unpaired) electrons. The summed E-state index contributed by atoms with van der Waals surface area (Å²) in [6, 6.07) is 57.8. The smallest absolute Gasteiger partial charge is 0.0434 e. The van der Waals surface area contributed by atoms with E-state index in [-0.39, 0.29) is 0 Å². The van der Waals surface area contributed by atoms with E-state index < -0.39 is 0 Å². The Morgan fingerprint density at radius 1 is 0.256 bits per heavy atom. The van der Waals surface area contributed by atoms with E-state index in [1.54, 1.807) is 0 Å². The van der Waals surface area contributed by atoms with Gasteiger partial charge in [0.2, 0.25) is 0 Å². The standard InChI is InChI=1S/C42H26S/c1-2-11-27(12-3-1)31-19-9-21-38-39-22-10-20-32(42(39)43-41(31)38)30-14-8-13-28(25-30)29-23-24-37-35-17-5-4-15-33(35)34-16-6-7-18-36(34)40(37)26-29/h1-26H. The normalized spacial score (nSPS) is 11.7. The van der Waals surface area contributed by atoms with Crippen LogP contribution in [0.15, 0.2) is 158 Å². The van der Waals surface area contributed by atoms with Crippen molar-refractivity contribution in [3.63, 3.8) is 0 Å². The highest BCUT2D eigenvalue weighted by Gasteiger charge is 2.15. The second-order valence-electron chi connectivity index (χ2n) is 11.3. The fourth-order valence-electron chi connectivity index (χ4n) is 6.85. The number of hydrogen-bond acceptors (Lipinski definition) is 1. The lowest BCUT2D eigenvalue weighted by Gasteiger charge is -2.12. The van der Waals surface area contributed by atoms with Crippen LogP contribution in [0.2, 0.25) is 0 Å². The van der Waals surface area contributed by atoms with Gasteiger partial charge in [0, 0.05) is 20.2 Å². The maximum absolute atomic E-state index is 2.38. The lowest BCUT2D eigenvalue weighted by molar-refractivity contribution is 1.63. The molecule has 0 nitrogen and oxygen atoms in total. The minimum Gasteiger partial charge on any atom is -0.134 e. The predicted molar refractivity (Wildman–Crippen MR) is 188 cm³/mol. The first-order valence-electron chi connectivity index (χ1n) is 14.8. The van der Waals surface area contributed by atoms with Crippen LogP contribution in [0.4, 0.5) is 0 Å². The summed E-state index contributed by atoms with van der Waals surface area (Å²) in [5.41, 5.74) is 7.58. The molecule has 0 unspecified atom stereocenters. The molecule has 0 saturated heterocycles. The Kier molecular flexibility index (Phi) is 5.47. The van der Waals surface area contributed by atoms with Gasteiger partial charge >= 0.3 is 0 Å².